The van der Waals surface area contributed by atoms with Crippen molar-refractivity contribution in [2.45, 2.75) is 32.6 Å². The van der Waals surface area contributed by atoms with Crippen LogP contribution >= 0.6 is 15.9 Å². The summed E-state index contributed by atoms with van der Waals surface area (Å²) in [6.07, 6.45) is 2.80. The van der Waals surface area contributed by atoms with Crippen LogP contribution in [0, 0.1) is 5.41 Å². The van der Waals surface area contributed by atoms with Crippen LogP contribution in [-0.4, -0.2) is 27.1 Å². The van der Waals surface area contributed by atoms with E-state index in [9.17, 15) is 14.4 Å². The third-order valence-electron chi connectivity index (χ3n) is 3.71. The first-order chi connectivity index (χ1) is 8.86. The Hall–Kier alpha value is -1.30. The molecule has 1 saturated carbocycles. The van der Waals surface area contributed by atoms with Gasteiger partial charge in [0.1, 0.15) is 17.3 Å². The van der Waals surface area contributed by atoms with E-state index in [1.165, 1.54) is 10.9 Å². The van der Waals surface area contributed by atoms with E-state index < -0.39 is 5.41 Å². The quantitative estimate of drug-likeness (QED) is 0.630. The summed E-state index contributed by atoms with van der Waals surface area (Å²) in [6.45, 7) is 1.58. The Bertz CT molecular complexity index is 527. The number of ketones is 3. The Morgan fingerprint density at radius 3 is 2.47 bits per heavy atom. The molecule has 0 atom stereocenters. The van der Waals surface area contributed by atoms with E-state index in [-0.39, 0.29) is 23.8 Å². The highest BCUT2D eigenvalue weighted by molar-refractivity contribution is 9.10. The summed E-state index contributed by atoms with van der Waals surface area (Å²) in [7, 11) is 1.66. The van der Waals surface area contributed by atoms with Gasteiger partial charge < -0.3 is 0 Å². The van der Waals surface area contributed by atoms with Gasteiger partial charge in [0, 0.05) is 26.3 Å². The van der Waals surface area contributed by atoms with Crippen LogP contribution in [0.3, 0.4) is 0 Å². The van der Waals surface area contributed by atoms with Crippen LogP contribution in [0.2, 0.25) is 0 Å². The van der Waals surface area contributed by atoms with Gasteiger partial charge in [0.2, 0.25) is 0 Å². The Morgan fingerprint density at radius 1 is 1.42 bits per heavy atom. The van der Waals surface area contributed by atoms with Crippen molar-refractivity contribution in [2.75, 3.05) is 0 Å². The number of Topliss-reactive ketones (excluding diaryl/α,β-unsaturated/α-hetero) is 3. The Kier molecular flexibility index (Phi) is 3.71. The summed E-state index contributed by atoms with van der Waals surface area (Å²) in [5.74, 6) is -0.497. The summed E-state index contributed by atoms with van der Waals surface area (Å²) < 4.78 is 2.03. The van der Waals surface area contributed by atoms with E-state index in [0.29, 0.717) is 29.4 Å². The number of carbonyl (C=O) groups excluding carboxylic acids is 3. The molecule has 1 heterocycles. The number of hydrogen-bond acceptors (Lipinski definition) is 4. The molecule has 19 heavy (non-hydrogen) atoms. The maximum absolute atomic E-state index is 12.3. The van der Waals surface area contributed by atoms with Gasteiger partial charge in [0.15, 0.2) is 5.78 Å². The minimum Gasteiger partial charge on any atom is -0.299 e. The second-order valence-electron chi connectivity index (χ2n) is 5.10. The van der Waals surface area contributed by atoms with Gasteiger partial charge in [0.05, 0.1) is 16.1 Å². The molecule has 5 nitrogen and oxygen atoms in total. The number of nitrogens with zero attached hydrogens (tertiary/aromatic N) is 2. The van der Waals surface area contributed by atoms with Crippen LogP contribution < -0.4 is 0 Å². The minimum atomic E-state index is -1.17. The number of halogens is 1. The van der Waals surface area contributed by atoms with Crippen molar-refractivity contribution in [1.82, 2.24) is 9.78 Å². The molecule has 0 bridgehead atoms. The second-order valence-corrected chi connectivity index (χ2v) is 5.95. The van der Waals surface area contributed by atoms with Crippen molar-refractivity contribution in [3.8, 4) is 0 Å². The molecule has 6 heteroatoms. The van der Waals surface area contributed by atoms with E-state index in [1.807, 2.05) is 0 Å². The molecule has 0 unspecified atom stereocenters. The maximum atomic E-state index is 12.3. The first kappa shape index (κ1) is 14.1. The lowest BCUT2D eigenvalue weighted by atomic mass is 9.70. The normalized spacial score (nSPS) is 18.7. The van der Waals surface area contributed by atoms with E-state index in [2.05, 4.69) is 21.0 Å². The fraction of sp³-hybridized carbons (Fsp3) is 0.538. The zero-order chi connectivity index (χ0) is 14.2. The first-order valence-electron chi connectivity index (χ1n) is 6.13. The average Bonchev–Trinajstić information content (AvgIpc) is 2.66. The van der Waals surface area contributed by atoms with Gasteiger partial charge in [-0.05, 0) is 29.3 Å². The predicted molar refractivity (Wildman–Crippen MR) is 71.8 cm³/mol. The highest BCUT2D eigenvalue weighted by Gasteiger charge is 2.44. The molecule has 2 rings (SSSR count). The number of aromatic nitrogens is 2. The fourth-order valence-electron chi connectivity index (χ4n) is 2.44. The monoisotopic (exact) mass is 326 g/mol. The van der Waals surface area contributed by atoms with E-state index in [0.717, 1.165) is 0 Å². The molecule has 0 radical (unpaired) electrons. The van der Waals surface area contributed by atoms with Crippen molar-refractivity contribution >= 4 is 33.3 Å². The maximum Gasteiger partial charge on any atom is 0.183 e. The Labute approximate surface area is 119 Å². The molecular formula is C13H15BrN2O3. The van der Waals surface area contributed by atoms with Crippen molar-refractivity contribution in [3.63, 3.8) is 0 Å². The van der Waals surface area contributed by atoms with Crippen molar-refractivity contribution < 1.29 is 14.4 Å². The van der Waals surface area contributed by atoms with Gasteiger partial charge in [-0.2, -0.15) is 5.10 Å². The zero-order valence-corrected chi connectivity index (χ0v) is 12.5. The van der Waals surface area contributed by atoms with Crippen molar-refractivity contribution in [2.24, 2.45) is 12.5 Å². The van der Waals surface area contributed by atoms with Crippen LogP contribution in [0.4, 0.5) is 0 Å². The number of carbonyl (C=O) groups is 3. The number of aryl methyl sites for hydroxylation is 1. The summed E-state index contributed by atoms with van der Waals surface area (Å²) in [5, 5.41) is 3.97. The zero-order valence-electron chi connectivity index (χ0n) is 10.9. The third kappa shape index (κ3) is 2.41. The van der Waals surface area contributed by atoms with Crippen LogP contribution in [0.1, 0.15) is 43.1 Å². The van der Waals surface area contributed by atoms with Crippen LogP contribution in [0.5, 0.6) is 0 Å². The smallest absolute Gasteiger partial charge is 0.183 e. The lowest BCUT2D eigenvalue weighted by Crippen LogP contribution is -2.41. The highest BCUT2D eigenvalue weighted by Crippen LogP contribution is 2.34. The second kappa shape index (κ2) is 5.00. The fourth-order valence-corrected chi connectivity index (χ4v) is 3.01. The van der Waals surface area contributed by atoms with E-state index in [1.54, 1.807) is 14.0 Å². The largest absolute Gasteiger partial charge is 0.299 e. The minimum absolute atomic E-state index is 0.0806. The van der Waals surface area contributed by atoms with Crippen LogP contribution in [-0.2, 0) is 16.6 Å². The average molecular weight is 327 g/mol. The molecule has 0 spiro atoms. The molecule has 1 aliphatic rings. The van der Waals surface area contributed by atoms with Crippen molar-refractivity contribution in [3.05, 3.63) is 16.4 Å². The molecular weight excluding hydrogens is 312 g/mol. The SMILES string of the molecule is Cn1ncc(Br)c1C(=O)CC1(C)C(=O)CCCC1=O. The standard InChI is InChI=1S/C13H15BrN2O3/c1-13(10(18)4-3-5-11(13)19)6-9(17)12-8(14)7-15-16(12)2/h7H,3-6H2,1-2H3. The molecule has 0 saturated heterocycles. The Morgan fingerprint density at radius 2 is 2.00 bits per heavy atom. The summed E-state index contributed by atoms with van der Waals surface area (Å²) >= 11 is 3.26. The van der Waals surface area contributed by atoms with Crippen molar-refractivity contribution in [1.29, 1.82) is 0 Å². The molecule has 1 fully saturated rings. The lowest BCUT2D eigenvalue weighted by molar-refractivity contribution is -0.142. The molecule has 0 aliphatic heterocycles. The van der Waals surface area contributed by atoms with Gasteiger partial charge in [0.25, 0.3) is 0 Å². The molecule has 1 aliphatic carbocycles. The third-order valence-corrected chi connectivity index (χ3v) is 4.29. The molecule has 102 valence electrons. The molecule has 0 aromatic carbocycles. The molecule has 0 N–H and O–H groups in total. The predicted octanol–water partition coefficient (Wildman–Crippen LogP) is 2.08. The summed E-state index contributed by atoms with van der Waals surface area (Å²) in [4.78, 5) is 36.3. The lowest BCUT2D eigenvalue weighted by Gasteiger charge is -2.29. The molecule has 0 amide bonds. The van der Waals surface area contributed by atoms with Crippen LogP contribution in [0.25, 0.3) is 0 Å². The van der Waals surface area contributed by atoms with Gasteiger partial charge in [-0.1, -0.05) is 0 Å². The van der Waals surface area contributed by atoms with E-state index >= 15 is 0 Å². The molecule has 1 aromatic rings. The molecule has 1 aromatic heterocycles. The number of rotatable bonds is 3. The van der Waals surface area contributed by atoms with Gasteiger partial charge in [-0.15, -0.1) is 0 Å². The van der Waals surface area contributed by atoms with Gasteiger partial charge >= 0.3 is 0 Å². The van der Waals surface area contributed by atoms with Crippen LogP contribution in [0.15, 0.2) is 10.7 Å². The van der Waals surface area contributed by atoms with Gasteiger partial charge in [-0.25, -0.2) is 0 Å². The highest BCUT2D eigenvalue weighted by atomic mass is 79.9. The summed E-state index contributed by atoms with van der Waals surface area (Å²) in [6, 6.07) is 0. The van der Waals surface area contributed by atoms with Gasteiger partial charge in [-0.3, -0.25) is 19.1 Å². The summed E-state index contributed by atoms with van der Waals surface area (Å²) in [5.41, 5.74) is -0.772. The van der Waals surface area contributed by atoms with E-state index in [4.69, 9.17) is 0 Å². The topological polar surface area (TPSA) is 69.0 Å². The Balaban J connectivity index is 2.27. The first-order valence-corrected chi connectivity index (χ1v) is 6.93. The number of hydrogen-bond donors (Lipinski definition) is 0.